The van der Waals surface area contributed by atoms with Gasteiger partial charge in [0.05, 0.1) is 4.92 Å². The lowest BCUT2D eigenvalue weighted by Crippen LogP contribution is -1.88. The number of aldehydes is 1. The third-order valence-electron chi connectivity index (χ3n) is 1.39. The van der Waals surface area contributed by atoms with Crippen LogP contribution in [-0.2, 0) is 4.79 Å². The van der Waals surface area contributed by atoms with Gasteiger partial charge in [-0.25, -0.2) is 4.98 Å². The van der Waals surface area contributed by atoms with E-state index in [0.29, 0.717) is 17.2 Å². The van der Waals surface area contributed by atoms with Crippen molar-refractivity contribution >= 4 is 33.6 Å². The third-order valence-corrected chi connectivity index (χ3v) is 3.69. The van der Waals surface area contributed by atoms with Gasteiger partial charge in [0.25, 0.3) is 5.69 Å². The fourth-order valence-electron chi connectivity index (χ4n) is 0.728. The number of aromatic nitrogens is 1. The van der Waals surface area contributed by atoms with E-state index in [0.717, 1.165) is 6.29 Å². The molecule has 1 rings (SSSR count). The second kappa shape index (κ2) is 6.41. The van der Waals surface area contributed by atoms with Gasteiger partial charge >= 0.3 is 0 Å². The fourth-order valence-corrected chi connectivity index (χ4v) is 2.54. The normalized spacial score (nSPS) is 9.87. The van der Waals surface area contributed by atoms with Crippen molar-refractivity contribution in [3.63, 3.8) is 0 Å². The van der Waals surface area contributed by atoms with Crippen LogP contribution < -0.4 is 0 Å². The highest BCUT2D eigenvalue weighted by atomic mass is 33.1. The van der Waals surface area contributed by atoms with E-state index in [2.05, 4.69) is 4.98 Å². The van der Waals surface area contributed by atoms with Gasteiger partial charge in [-0.15, -0.1) is 0 Å². The molecule has 0 bridgehead atoms. The third kappa shape index (κ3) is 4.30. The van der Waals surface area contributed by atoms with E-state index in [-0.39, 0.29) is 5.69 Å². The zero-order chi connectivity index (χ0) is 11.1. The van der Waals surface area contributed by atoms with Gasteiger partial charge in [-0.2, -0.15) is 0 Å². The van der Waals surface area contributed by atoms with Gasteiger partial charge in [0.2, 0.25) is 0 Å². The summed E-state index contributed by atoms with van der Waals surface area (Å²) in [7, 11) is 2.90. The van der Waals surface area contributed by atoms with Crippen LogP contribution >= 0.6 is 21.6 Å². The van der Waals surface area contributed by atoms with Crippen molar-refractivity contribution in [3.8, 4) is 0 Å². The molecule has 80 valence electrons. The Morgan fingerprint density at radius 3 is 2.87 bits per heavy atom. The van der Waals surface area contributed by atoms with E-state index in [1.807, 2.05) is 0 Å². The Kier molecular flexibility index (Phi) is 5.13. The molecule has 0 aliphatic heterocycles. The molecule has 0 unspecified atom stereocenters. The summed E-state index contributed by atoms with van der Waals surface area (Å²) in [5.74, 6) is 0.715. The van der Waals surface area contributed by atoms with Gasteiger partial charge in [-0.1, -0.05) is 10.8 Å². The molecule has 5 nitrogen and oxygen atoms in total. The number of pyridine rings is 1. The Labute approximate surface area is 94.2 Å². The van der Waals surface area contributed by atoms with E-state index in [9.17, 15) is 14.9 Å². The average molecular weight is 244 g/mol. The minimum atomic E-state index is -0.485. The summed E-state index contributed by atoms with van der Waals surface area (Å²) in [4.78, 5) is 23.8. The van der Waals surface area contributed by atoms with Crippen LogP contribution in [-0.4, -0.2) is 21.9 Å². The van der Waals surface area contributed by atoms with Gasteiger partial charge in [0, 0.05) is 18.2 Å². The molecule has 15 heavy (non-hydrogen) atoms. The first kappa shape index (κ1) is 12.0. The summed E-state index contributed by atoms with van der Waals surface area (Å²) >= 11 is 0. The first-order chi connectivity index (χ1) is 7.24. The molecule has 0 fully saturated rings. The first-order valence-corrected chi connectivity index (χ1v) is 6.39. The Hall–Kier alpha value is -1.08. The number of nitro groups is 1. The largest absolute Gasteiger partial charge is 0.303 e. The van der Waals surface area contributed by atoms with Crippen molar-refractivity contribution in [2.45, 2.75) is 11.4 Å². The van der Waals surface area contributed by atoms with Gasteiger partial charge in [-0.3, -0.25) is 10.1 Å². The van der Waals surface area contributed by atoms with Crippen LogP contribution in [0.1, 0.15) is 6.42 Å². The van der Waals surface area contributed by atoms with Gasteiger partial charge in [0.1, 0.15) is 17.5 Å². The van der Waals surface area contributed by atoms with Crippen molar-refractivity contribution in [1.29, 1.82) is 0 Å². The highest BCUT2D eigenvalue weighted by molar-refractivity contribution is 8.76. The Balaban J connectivity index is 2.42. The Morgan fingerprint density at radius 1 is 1.53 bits per heavy atom. The van der Waals surface area contributed by atoms with Crippen LogP contribution in [0, 0.1) is 10.1 Å². The molecular weight excluding hydrogens is 236 g/mol. The van der Waals surface area contributed by atoms with Crippen molar-refractivity contribution < 1.29 is 9.72 Å². The van der Waals surface area contributed by atoms with Crippen molar-refractivity contribution in [1.82, 2.24) is 4.98 Å². The Bertz CT molecular complexity index is 342. The smallest absolute Gasteiger partial charge is 0.287 e. The maximum absolute atomic E-state index is 10.3. The second-order valence-electron chi connectivity index (χ2n) is 2.47. The lowest BCUT2D eigenvalue weighted by atomic mass is 10.4. The van der Waals surface area contributed by atoms with E-state index in [4.69, 9.17) is 0 Å². The highest BCUT2D eigenvalue weighted by Gasteiger charge is 2.05. The number of nitrogens with zero attached hydrogens (tertiary/aromatic N) is 2. The van der Waals surface area contributed by atoms with Gasteiger partial charge in [-0.05, 0) is 16.9 Å². The van der Waals surface area contributed by atoms with Crippen molar-refractivity contribution in [3.05, 3.63) is 28.4 Å². The minimum absolute atomic E-state index is 0.0164. The van der Waals surface area contributed by atoms with E-state index >= 15 is 0 Å². The molecule has 1 heterocycles. The highest BCUT2D eigenvalue weighted by Crippen LogP contribution is 2.30. The van der Waals surface area contributed by atoms with Crippen LogP contribution in [0.15, 0.2) is 23.4 Å². The molecule has 0 N–H and O–H groups in total. The molecule has 0 aromatic carbocycles. The summed E-state index contributed by atoms with van der Waals surface area (Å²) in [5, 5.41) is 11.0. The molecule has 0 aliphatic rings. The topological polar surface area (TPSA) is 73.1 Å². The first-order valence-electron chi connectivity index (χ1n) is 4.07. The molecular formula is C8H8N2O3S2. The molecule has 0 saturated carbocycles. The lowest BCUT2D eigenvalue weighted by Gasteiger charge is -1.97. The fraction of sp³-hybridized carbons (Fsp3) is 0.250. The van der Waals surface area contributed by atoms with E-state index < -0.39 is 4.92 Å². The molecule has 0 atom stereocenters. The monoisotopic (exact) mass is 244 g/mol. The standard InChI is InChI=1S/C8H8N2O3S2/c11-4-1-5-14-15-8-3-2-7(6-9-8)10(12)13/h2-4,6H,1,5H2. The SMILES string of the molecule is O=CCCSSc1ccc([N+](=O)[O-])cn1. The molecule has 1 aromatic rings. The predicted octanol–water partition coefficient (Wildman–Crippen LogP) is 2.32. The lowest BCUT2D eigenvalue weighted by molar-refractivity contribution is -0.385. The van der Waals surface area contributed by atoms with Crippen LogP contribution in [0.2, 0.25) is 0 Å². The quantitative estimate of drug-likeness (QED) is 0.251. The summed E-state index contributed by atoms with van der Waals surface area (Å²) in [6.07, 6.45) is 2.59. The molecule has 0 amide bonds. The van der Waals surface area contributed by atoms with E-state index in [1.54, 1.807) is 6.07 Å². The maximum atomic E-state index is 10.3. The zero-order valence-corrected chi connectivity index (χ0v) is 9.29. The van der Waals surface area contributed by atoms with Crippen molar-refractivity contribution in [2.24, 2.45) is 0 Å². The van der Waals surface area contributed by atoms with Crippen LogP contribution in [0.3, 0.4) is 0 Å². The van der Waals surface area contributed by atoms with Gasteiger partial charge in [0.15, 0.2) is 0 Å². The van der Waals surface area contributed by atoms with E-state index in [1.165, 1.54) is 33.9 Å². The number of carbonyl (C=O) groups excluding carboxylic acids is 1. The maximum Gasteiger partial charge on any atom is 0.287 e. The molecule has 7 heteroatoms. The molecule has 0 radical (unpaired) electrons. The number of hydrogen-bond donors (Lipinski definition) is 0. The summed E-state index contributed by atoms with van der Waals surface area (Å²) in [6.45, 7) is 0. The number of carbonyl (C=O) groups is 1. The Morgan fingerprint density at radius 2 is 2.33 bits per heavy atom. The van der Waals surface area contributed by atoms with Crippen LogP contribution in [0.25, 0.3) is 0 Å². The second-order valence-corrected chi connectivity index (χ2v) is 4.91. The summed E-state index contributed by atoms with van der Waals surface area (Å²) < 4.78 is 0. The van der Waals surface area contributed by atoms with Gasteiger partial charge < -0.3 is 4.79 Å². The molecule has 1 aromatic heterocycles. The molecule has 0 saturated heterocycles. The average Bonchev–Trinajstić information content (AvgIpc) is 2.25. The number of rotatable bonds is 6. The zero-order valence-electron chi connectivity index (χ0n) is 7.66. The predicted molar refractivity (Wildman–Crippen MR) is 59.9 cm³/mol. The minimum Gasteiger partial charge on any atom is -0.303 e. The summed E-state index contributed by atoms with van der Waals surface area (Å²) in [6, 6.07) is 3.01. The van der Waals surface area contributed by atoms with Crippen molar-refractivity contribution in [2.75, 3.05) is 5.75 Å². The van der Waals surface area contributed by atoms with Crippen LogP contribution in [0.5, 0.6) is 0 Å². The number of hydrogen-bond acceptors (Lipinski definition) is 6. The molecule has 0 aliphatic carbocycles. The molecule has 0 spiro atoms. The van der Waals surface area contributed by atoms with Crippen LogP contribution in [0.4, 0.5) is 5.69 Å². The summed E-state index contributed by atoms with van der Waals surface area (Å²) in [5.41, 5.74) is -0.0164.